The maximum absolute atomic E-state index is 5.17. The predicted molar refractivity (Wildman–Crippen MR) is 88.1 cm³/mol. The Hall–Kier alpha value is -1.52. The van der Waals surface area contributed by atoms with Gasteiger partial charge in [0.05, 0.1) is 12.8 Å². The summed E-state index contributed by atoms with van der Waals surface area (Å²) >= 11 is 1.71. The highest BCUT2D eigenvalue weighted by Crippen LogP contribution is 2.29. The Labute approximate surface area is 131 Å². The first kappa shape index (κ1) is 15.9. The summed E-state index contributed by atoms with van der Waals surface area (Å²) in [6, 6.07) is 12.7. The van der Waals surface area contributed by atoms with E-state index < -0.39 is 0 Å². The van der Waals surface area contributed by atoms with Gasteiger partial charge in [-0.3, -0.25) is 4.98 Å². The molecule has 0 amide bonds. The second-order valence-corrected chi connectivity index (χ2v) is 5.86. The van der Waals surface area contributed by atoms with Crippen LogP contribution in [0.15, 0.2) is 52.4 Å². The molecule has 1 heterocycles. The largest absolute Gasteiger partial charge is 0.497 e. The van der Waals surface area contributed by atoms with E-state index >= 15 is 0 Å². The number of benzene rings is 1. The van der Waals surface area contributed by atoms with Gasteiger partial charge in [0.2, 0.25) is 0 Å². The summed E-state index contributed by atoms with van der Waals surface area (Å²) in [7, 11) is 1.68. The summed E-state index contributed by atoms with van der Waals surface area (Å²) in [4.78, 5) is 6.92. The molecule has 4 heteroatoms. The van der Waals surface area contributed by atoms with E-state index in [0.29, 0.717) is 6.04 Å². The average Bonchev–Trinajstić information content (AvgIpc) is 2.54. The zero-order valence-electron chi connectivity index (χ0n) is 12.8. The summed E-state index contributed by atoms with van der Waals surface area (Å²) < 4.78 is 5.17. The van der Waals surface area contributed by atoms with Crippen molar-refractivity contribution < 1.29 is 4.74 Å². The molecular formula is C17H22N2OS. The van der Waals surface area contributed by atoms with Crippen LogP contribution in [0, 0.1) is 0 Å². The van der Waals surface area contributed by atoms with Crippen molar-refractivity contribution in [2.24, 2.45) is 0 Å². The standard InChI is InChI=1S/C17H22N2OS/c1-4-16(18-5-2)17-11-10-15(12-19-17)21-14-8-6-13(20-3)7-9-14/h6-12,16,18H,4-5H2,1-3H3. The van der Waals surface area contributed by atoms with E-state index in [1.54, 1.807) is 18.9 Å². The minimum Gasteiger partial charge on any atom is -0.497 e. The normalized spacial score (nSPS) is 12.1. The van der Waals surface area contributed by atoms with Crippen LogP contribution in [0.25, 0.3) is 0 Å². The van der Waals surface area contributed by atoms with Crippen LogP contribution in [0.4, 0.5) is 0 Å². The van der Waals surface area contributed by atoms with Gasteiger partial charge < -0.3 is 10.1 Å². The van der Waals surface area contributed by atoms with Crippen LogP contribution < -0.4 is 10.1 Å². The monoisotopic (exact) mass is 302 g/mol. The first-order valence-corrected chi connectivity index (χ1v) is 8.09. The van der Waals surface area contributed by atoms with Gasteiger partial charge in [-0.05, 0) is 49.4 Å². The number of pyridine rings is 1. The molecule has 0 saturated carbocycles. The second kappa shape index (κ2) is 8.05. The van der Waals surface area contributed by atoms with Gasteiger partial charge in [-0.15, -0.1) is 0 Å². The lowest BCUT2D eigenvalue weighted by Crippen LogP contribution is -2.20. The van der Waals surface area contributed by atoms with E-state index in [4.69, 9.17) is 4.74 Å². The van der Waals surface area contributed by atoms with Crippen molar-refractivity contribution in [3.63, 3.8) is 0 Å². The summed E-state index contributed by atoms with van der Waals surface area (Å²) in [5, 5.41) is 3.45. The van der Waals surface area contributed by atoms with Gasteiger partial charge >= 0.3 is 0 Å². The molecule has 1 atom stereocenters. The quantitative estimate of drug-likeness (QED) is 0.827. The summed E-state index contributed by atoms with van der Waals surface area (Å²) in [5.41, 5.74) is 1.11. The van der Waals surface area contributed by atoms with Crippen molar-refractivity contribution in [1.82, 2.24) is 10.3 Å². The first-order chi connectivity index (χ1) is 10.3. The maximum atomic E-state index is 5.17. The molecule has 0 saturated heterocycles. The molecule has 2 rings (SSSR count). The molecule has 0 bridgehead atoms. The van der Waals surface area contributed by atoms with E-state index in [-0.39, 0.29) is 0 Å². The molecule has 0 spiro atoms. The van der Waals surface area contributed by atoms with Crippen molar-refractivity contribution >= 4 is 11.8 Å². The highest BCUT2D eigenvalue weighted by molar-refractivity contribution is 7.99. The van der Waals surface area contributed by atoms with Crippen LogP contribution in [0.2, 0.25) is 0 Å². The molecule has 1 aromatic heterocycles. The lowest BCUT2D eigenvalue weighted by Gasteiger charge is -2.15. The van der Waals surface area contributed by atoms with E-state index in [2.05, 4.69) is 48.4 Å². The van der Waals surface area contributed by atoms with Crippen molar-refractivity contribution in [3.8, 4) is 5.75 Å². The lowest BCUT2D eigenvalue weighted by molar-refractivity contribution is 0.414. The Bertz CT molecular complexity index is 540. The summed E-state index contributed by atoms with van der Waals surface area (Å²) in [6.07, 6.45) is 3.00. The van der Waals surface area contributed by atoms with Crippen LogP contribution in [0.5, 0.6) is 5.75 Å². The van der Waals surface area contributed by atoms with E-state index in [1.165, 1.54) is 4.90 Å². The van der Waals surface area contributed by atoms with E-state index in [1.807, 2.05) is 18.3 Å². The highest BCUT2D eigenvalue weighted by atomic mass is 32.2. The van der Waals surface area contributed by atoms with Crippen LogP contribution in [-0.4, -0.2) is 18.6 Å². The van der Waals surface area contributed by atoms with Crippen LogP contribution in [0.1, 0.15) is 32.0 Å². The smallest absolute Gasteiger partial charge is 0.118 e. The molecule has 0 aliphatic heterocycles. The SMILES string of the molecule is CCNC(CC)c1ccc(Sc2ccc(OC)cc2)cn1. The molecule has 2 aromatic rings. The first-order valence-electron chi connectivity index (χ1n) is 7.28. The summed E-state index contributed by atoms with van der Waals surface area (Å²) in [5.74, 6) is 0.879. The molecule has 1 aromatic carbocycles. The fourth-order valence-electron chi connectivity index (χ4n) is 2.14. The van der Waals surface area contributed by atoms with Gasteiger partial charge in [-0.2, -0.15) is 0 Å². The van der Waals surface area contributed by atoms with Crippen molar-refractivity contribution in [3.05, 3.63) is 48.3 Å². The molecular weight excluding hydrogens is 280 g/mol. The molecule has 0 aliphatic rings. The van der Waals surface area contributed by atoms with Crippen molar-refractivity contribution in [1.29, 1.82) is 0 Å². The number of hydrogen-bond donors (Lipinski definition) is 1. The zero-order chi connectivity index (χ0) is 15.1. The number of aromatic nitrogens is 1. The third-order valence-corrected chi connectivity index (χ3v) is 4.26. The molecule has 1 N–H and O–H groups in total. The number of methoxy groups -OCH3 is 1. The Balaban J connectivity index is 2.04. The Morgan fingerprint density at radius 1 is 1.10 bits per heavy atom. The number of hydrogen-bond acceptors (Lipinski definition) is 4. The average molecular weight is 302 g/mol. The molecule has 21 heavy (non-hydrogen) atoms. The third-order valence-electron chi connectivity index (χ3n) is 3.27. The minimum absolute atomic E-state index is 0.343. The number of nitrogens with zero attached hydrogens (tertiary/aromatic N) is 1. The predicted octanol–water partition coefficient (Wildman–Crippen LogP) is 4.30. The van der Waals surface area contributed by atoms with E-state index in [9.17, 15) is 0 Å². The van der Waals surface area contributed by atoms with Crippen LogP contribution in [-0.2, 0) is 0 Å². The van der Waals surface area contributed by atoms with E-state index in [0.717, 1.165) is 29.3 Å². The molecule has 0 radical (unpaired) electrons. The second-order valence-electron chi connectivity index (χ2n) is 4.71. The third kappa shape index (κ3) is 4.48. The minimum atomic E-state index is 0.343. The Morgan fingerprint density at radius 2 is 1.81 bits per heavy atom. The number of ether oxygens (including phenoxy) is 1. The Morgan fingerprint density at radius 3 is 2.33 bits per heavy atom. The van der Waals surface area contributed by atoms with Gasteiger partial charge in [-0.1, -0.05) is 25.6 Å². The van der Waals surface area contributed by atoms with Gasteiger partial charge in [0.1, 0.15) is 5.75 Å². The molecule has 0 aliphatic carbocycles. The zero-order valence-corrected chi connectivity index (χ0v) is 13.6. The summed E-state index contributed by atoms with van der Waals surface area (Å²) in [6.45, 7) is 5.26. The fourth-order valence-corrected chi connectivity index (χ4v) is 2.93. The lowest BCUT2D eigenvalue weighted by atomic mass is 10.1. The fraction of sp³-hybridized carbons (Fsp3) is 0.353. The van der Waals surface area contributed by atoms with Crippen LogP contribution in [0.3, 0.4) is 0 Å². The molecule has 0 fully saturated rings. The van der Waals surface area contributed by atoms with Gasteiger partial charge in [-0.25, -0.2) is 0 Å². The maximum Gasteiger partial charge on any atom is 0.118 e. The van der Waals surface area contributed by atoms with Crippen molar-refractivity contribution in [2.75, 3.05) is 13.7 Å². The van der Waals surface area contributed by atoms with Gasteiger partial charge in [0, 0.05) is 22.0 Å². The highest BCUT2D eigenvalue weighted by Gasteiger charge is 2.09. The number of nitrogens with one attached hydrogen (secondary N) is 1. The molecule has 3 nitrogen and oxygen atoms in total. The number of rotatable bonds is 7. The Kier molecular flexibility index (Phi) is 6.08. The molecule has 1 unspecified atom stereocenters. The molecule has 112 valence electrons. The van der Waals surface area contributed by atoms with Crippen molar-refractivity contribution in [2.45, 2.75) is 36.1 Å². The van der Waals surface area contributed by atoms with Gasteiger partial charge in [0.15, 0.2) is 0 Å². The topological polar surface area (TPSA) is 34.1 Å². The van der Waals surface area contributed by atoms with Gasteiger partial charge in [0.25, 0.3) is 0 Å². The van der Waals surface area contributed by atoms with Crippen LogP contribution >= 0.6 is 11.8 Å².